The first-order valence-electron chi connectivity index (χ1n) is 19.1. The van der Waals surface area contributed by atoms with Crippen LogP contribution in [-0.4, -0.2) is 36.4 Å². The van der Waals surface area contributed by atoms with Crippen LogP contribution in [0, 0.1) is 0 Å². The highest BCUT2D eigenvalue weighted by Crippen LogP contribution is 2.15. The second-order valence-corrected chi connectivity index (χ2v) is 13.1. The molecule has 0 unspecified atom stereocenters. The van der Waals surface area contributed by atoms with Crippen molar-refractivity contribution in [3.05, 3.63) is 0 Å². The second-order valence-electron chi connectivity index (χ2n) is 13.1. The summed E-state index contributed by atoms with van der Waals surface area (Å²) in [6, 6.07) is 0. The normalized spacial score (nSPS) is 12.0. The molecule has 0 aliphatic heterocycles. The van der Waals surface area contributed by atoms with Crippen LogP contribution >= 0.6 is 0 Å². The number of aliphatic hydroxyl groups excluding tert-OH is 1. The molecule has 0 rings (SSSR count). The number of esters is 2. The monoisotopic (exact) mass is 611 g/mol. The molecule has 256 valence electrons. The smallest absolute Gasteiger partial charge is 0.305 e. The Labute approximate surface area is 268 Å². The van der Waals surface area contributed by atoms with Crippen LogP contribution in [0.5, 0.6) is 0 Å². The summed E-state index contributed by atoms with van der Waals surface area (Å²) in [5.41, 5.74) is 0. The maximum absolute atomic E-state index is 11.9. The Bertz CT molecular complexity index is 579. The van der Waals surface area contributed by atoms with Crippen molar-refractivity contribution in [3.63, 3.8) is 0 Å². The van der Waals surface area contributed by atoms with Gasteiger partial charge in [-0.3, -0.25) is 9.59 Å². The van der Waals surface area contributed by atoms with E-state index < -0.39 is 6.10 Å². The largest absolute Gasteiger partial charge is 0.463 e. The van der Waals surface area contributed by atoms with Crippen LogP contribution in [0.3, 0.4) is 0 Å². The van der Waals surface area contributed by atoms with Gasteiger partial charge in [0, 0.05) is 12.8 Å². The van der Waals surface area contributed by atoms with Gasteiger partial charge in [0.2, 0.25) is 0 Å². The van der Waals surface area contributed by atoms with Crippen molar-refractivity contribution in [1.29, 1.82) is 0 Å². The quantitative estimate of drug-likeness (QED) is 0.0571. The van der Waals surface area contributed by atoms with Crippen LogP contribution < -0.4 is 0 Å². The molecule has 0 aromatic carbocycles. The second kappa shape index (κ2) is 35.4. The third kappa shape index (κ3) is 35.3. The zero-order valence-electron chi connectivity index (χ0n) is 29.0. The van der Waals surface area contributed by atoms with E-state index in [4.69, 9.17) is 9.47 Å². The van der Waals surface area contributed by atoms with Crippen molar-refractivity contribution in [1.82, 2.24) is 0 Å². The lowest BCUT2D eigenvalue weighted by Gasteiger charge is -2.12. The van der Waals surface area contributed by atoms with Gasteiger partial charge in [-0.2, -0.15) is 0 Å². The Morgan fingerprint density at radius 3 is 0.837 bits per heavy atom. The molecule has 5 heteroatoms. The molecule has 1 N–H and O–H groups in total. The third-order valence-corrected chi connectivity index (χ3v) is 8.59. The highest BCUT2D eigenvalue weighted by molar-refractivity contribution is 5.69. The van der Waals surface area contributed by atoms with Crippen LogP contribution in [0.2, 0.25) is 0 Å². The topological polar surface area (TPSA) is 72.8 Å². The van der Waals surface area contributed by atoms with Crippen LogP contribution in [0.4, 0.5) is 0 Å². The minimum absolute atomic E-state index is 0.107. The van der Waals surface area contributed by atoms with Crippen molar-refractivity contribution < 1.29 is 24.2 Å². The number of hydrogen-bond donors (Lipinski definition) is 1. The van der Waals surface area contributed by atoms with Gasteiger partial charge in [0.05, 0.1) is 0 Å². The number of aliphatic hydroxyl groups is 1. The highest BCUT2D eigenvalue weighted by atomic mass is 16.6. The molecular formula is C38H74O5. The van der Waals surface area contributed by atoms with Gasteiger partial charge in [0.25, 0.3) is 0 Å². The molecule has 1 atom stereocenters. The molecule has 0 aliphatic rings. The van der Waals surface area contributed by atoms with Crippen LogP contribution in [0.25, 0.3) is 0 Å². The number of rotatable bonds is 35. The summed E-state index contributed by atoms with van der Waals surface area (Å²) in [6.07, 6.45) is 37.2. The minimum atomic E-state index is -0.953. The first kappa shape index (κ1) is 41.9. The molecule has 0 aliphatic carbocycles. The first-order chi connectivity index (χ1) is 21.1. The Kier molecular flexibility index (Phi) is 34.5. The predicted molar refractivity (Wildman–Crippen MR) is 182 cm³/mol. The van der Waals surface area contributed by atoms with E-state index in [-0.39, 0.29) is 25.2 Å². The fourth-order valence-electron chi connectivity index (χ4n) is 5.68. The van der Waals surface area contributed by atoms with Gasteiger partial charge in [-0.15, -0.1) is 0 Å². The van der Waals surface area contributed by atoms with Crippen LogP contribution in [-0.2, 0) is 19.1 Å². The summed E-state index contributed by atoms with van der Waals surface area (Å²) >= 11 is 0. The van der Waals surface area contributed by atoms with Crippen LogP contribution in [0.15, 0.2) is 0 Å². The molecule has 0 aromatic rings. The van der Waals surface area contributed by atoms with E-state index in [2.05, 4.69) is 13.8 Å². The average molecular weight is 611 g/mol. The summed E-state index contributed by atoms with van der Waals surface area (Å²) < 4.78 is 10.3. The van der Waals surface area contributed by atoms with Crippen molar-refractivity contribution >= 4 is 11.9 Å². The molecule has 0 bridgehead atoms. The summed E-state index contributed by atoms with van der Waals surface area (Å²) in [5.74, 6) is -0.551. The van der Waals surface area contributed by atoms with Gasteiger partial charge in [-0.1, -0.05) is 187 Å². The van der Waals surface area contributed by atoms with E-state index in [9.17, 15) is 14.7 Å². The van der Waals surface area contributed by atoms with E-state index in [0.29, 0.717) is 12.8 Å². The SMILES string of the molecule is CCCCCCCCCCCCCCCCCC(=O)OC[C@H](O)COC(=O)CCCCCCCCCCCCCCCC. The molecule has 0 saturated heterocycles. The Hall–Kier alpha value is -1.10. The molecule has 0 heterocycles. The van der Waals surface area contributed by atoms with Crippen molar-refractivity contribution in [2.45, 2.75) is 219 Å². The molecule has 0 saturated carbocycles. The average Bonchev–Trinajstić information content (AvgIpc) is 3.01. The summed E-state index contributed by atoms with van der Waals surface area (Å²) in [4.78, 5) is 23.9. The maximum atomic E-state index is 11.9. The Morgan fingerprint density at radius 2 is 0.605 bits per heavy atom. The third-order valence-electron chi connectivity index (χ3n) is 8.59. The molecule has 0 amide bonds. The van der Waals surface area contributed by atoms with E-state index in [1.54, 1.807) is 0 Å². The number of unbranched alkanes of at least 4 members (excludes halogenated alkanes) is 27. The lowest BCUT2D eigenvalue weighted by atomic mass is 10.0. The molecule has 0 fully saturated rings. The molecule has 0 aromatic heterocycles. The lowest BCUT2D eigenvalue weighted by molar-refractivity contribution is -0.152. The van der Waals surface area contributed by atoms with Crippen LogP contribution in [0.1, 0.15) is 213 Å². The van der Waals surface area contributed by atoms with E-state index in [0.717, 1.165) is 25.7 Å². The molecule has 0 radical (unpaired) electrons. The van der Waals surface area contributed by atoms with Crippen molar-refractivity contribution in [2.75, 3.05) is 13.2 Å². The van der Waals surface area contributed by atoms with E-state index >= 15 is 0 Å². The fourth-order valence-corrected chi connectivity index (χ4v) is 5.68. The van der Waals surface area contributed by atoms with Crippen molar-refractivity contribution in [3.8, 4) is 0 Å². The maximum Gasteiger partial charge on any atom is 0.305 e. The Morgan fingerprint density at radius 1 is 0.395 bits per heavy atom. The zero-order chi connectivity index (χ0) is 31.5. The van der Waals surface area contributed by atoms with Gasteiger partial charge in [-0.25, -0.2) is 0 Å². The van der Waals surface area contributed by atoms with E-state index in [1.807, 2.05) is 0 Å². The minimum Gasteiger partial charge on any atom is -0.463 e. The molecule has 5 nitrogen and oxygen atoms in total. The standard InChI is InChI=1S/C38H74O5/c1-3-5-7-9-11-13-15-17-19-21-23-25-27-29-31-33-38(41)43-35-36(39)34-42-37(40)32-30-28-26-24-22-20-18-16-14-12-10-8-6-4-2/h36,39H,3-35H2,1-2H3/t36-/m1/s1. The zero-order valence-corrected chi connectivity index (χ0v) is 29.0. The van der Waals surface area contributed by atoms with Gasteiger partial charge in [0.15, 0.2) is 0 Å². The Balaban J connectivity index is 3.38. The molecular weight excluding hydrogens is 536 g/mol. The lowest BCUT2D eigenvalue weighted by Crippen LogP contribution is -2.25. The number of carbonyl (C=O) groups excluding carboxylic acids is 2. The predicted octanol–water partition coefficient (Wildman–Crippen LogP) is 11.6. The molecule has 0 spiro atoms. The first-order valence-corrected chi connectivity index (χ1v) is 19.1. The van der Waals surface area contributed by atoms with Gasteiger partial charge in [-0.05, 0) is 12.8 Å². The number of hydrogen-bond acceptors (Lipinski definition) is 5. The van der Waals surface area contributed by atoms with E-state index in [1.165, 1.54) is 161 Å². The highest BCUT2D eigenvalue weighted by Gasteiger charge is 2.12. The summed E-state index contributed by atoms with van der Waals surface area (Å²) in [6.45, 7) is 4.32. The fraction of sp³-hybridized carbons (Fsp3) is 0.947. The summed E-state index contributed by atoms with van der Waals surface area (Å²) in [7, 11) is 0. The van der Waals surface area contributed by atoms with Gasteiger partial charge >= 0.3 is 11.9 Å². The van der Waals surface area contributed by atoms with Gasteiger partial charge < -0.3 is 14.6 Å². The summed E-state index contributed by atoms with van der Waals surface area (Å²) in [5, 5.41) is 9.99. The molecule has 43 heavy (non-hydrogen) atoms. The number of carbonyl (C=O) groups is 2. The van der Waals surface area contributed by atoms with Gasteiger partial charge in [0.1, 0.15) is 19.3 Å². The van der Waals surface area contributed by atoms with Crippen molar-refractivity contribution in [2.24, 2.45) is 0 Å². The number of ether oxygens (including phenoxy) is 2.